The molecule has 3 heteroatoms. The number of hydrogen-bond donors (Lipinski definition) is 1. The monoisotopic (exact) mass is 212 g/mol. The Morgan fingerprint density at radius 2 is 1.87 bits per heavy atom. The molecule has 0 aromatic heterocycles. The van der Waals surface area contributed by atoms with Gasteiger partial charge < -0.3 is 15.4 Å². The van der Waals surface area contributed by atoms with Crippen molar-refractivity contribution in [1.29, 1.82) is 0 Å². The highest BCUT2D eigenvalue weighted by Gasteiger charge is 2.35. The van der Waals surface area contributed by atoms with Gasteiger partial charge in [0.15, 0.2) is 0 Å². The molecule has 0 radical (unpaired) electrons. The standard InChI is InChI=1S/C12H24N2O/c1-11(2)3-6-14(9-11)10-12(13)4-7-15-8-5-12/h3-10,13H2,1-2H3. The lowest BCUT2D eigenvalue weighted by molar-refractivity contribution is 0.0398. The summed E-state index contributed by atoms with van der Waals surface area (Å²) >= 11 is 0. The first-order valence-corrected chi connectivity index (χ1v) is 6.08. The van der Waals surface area contributed by atoms with Crippen molar-refractivity contribution >= 4 is 0 Å². The molecule has 0 bridgehead atoms. The highest BCUT2D eigenvalue weighted by molar-refractivity contribution is 4.93. The average Bonchev–Trinajstić information content (AvgIpc) is 2.45. The Morgan fingerprint density at radius 1 is 1.20 bits per heavy atom. The summed E-state index contributed by atoms with van der Waals surface area (Å²) in [6, 6.07) is 0. The van der Waals surface area contributed by atoms with E-state index in [0.717, 1.165) is 32.6 Å². The van der Waals surface area contributed by atoms with Gasteiger partial charge in [-0.1, -0.05) is 13.8 Å². The van der Waals surface area contributed by atoms with Crippen molar-refractivity contribution in [2.45, 2.75) is 38.6 Å². The van der Waals surface area contributed by atoms with Crippen LogP contribution >= 0.6 is 0 Å². The van der Waals surface area contributed by atoms with Crippen LogP contribution in [0.4, 0.5) is 0 Å². The minimum absolute atomic E-state index is 0.0126. The van der Waals surface area contributed by atoms with Gasteiger partial charge in [-0.05, 0) is 31.2 Å². The van der Waals surface area contributed by atoms with Crippen LogP contribution in [0.1, 0.15) is 33.1 Å². The molecule has 2 fully saturated rings. The van der Waals surface area contributed by atoms with Gasteiger partial charge in [-0.2, -0.15) is 0 Å². The van der Waals surface area contributed by atoms with Crippen LogP contribution in [0.15, 0.2) is 0 Å². The highest BCUT2D eigenvalue weighted by atomic mass is 16.5. The first kappa shape index (κ1) is 11.4. The molecule has 15 heavy (non-hydrogen) atoms. The van der Waals surface area contributed by atoms with Gasteiger partial charge in [0.2, 0.25) is 0 Å². The maximum atomic E-state index is 6.41. The van der Waals surface area contributed by atoms with Gasteiger partial charge in [-0.15, -0.1) is 0 Å². The molecule has 2 aliphatic rings. The van der Waals surface area contributed by atoms with E-state index in [1.165, 1.54) is 19.5 Å². The second-order valence-corrected chi connectivity index (χ2v) is 6.10. The van der Waals surface area contributed by atoms with Gasteiger partial charge in [0, 0.05) is 31.8 Å². The second kappa shape index (κ2) is 4.04. The van der Waals surface area contributed by atoms with E-state index in [9.17, 15) is 0 Å². The van der Waals surface area contributed by atoms with Gasteiger partial charge in [-0.25, -0.2) is 0 Å². The number of ether oxygens (including phenoxy) is 1. The van der Waals surface area contributed by atoms with Gasteiger partial charge in [-0.3, -0.25) is 0 Å². The molecule has 88 valence electrons. The van der Waals surface area contributed by atoms with Crippen LogP contribution in [0.5, 0.6) is 0 Å². The lowest BCUT2D eigenvalue weighted by Gasteiger charge is -2.37. The molecule has 0 amide bonds. The first-order valence-electron chi connectivity index (χ1n) is 6.08. The Balaban J connectivity index is 1.86. The molecule has 0 aromatic rings. The lowest BCUT2D eigenvalue weighted by atomic mass is 9.90. The van der Waals surface area contributed by atoms with Crippen LogP contribution < -0.4 is 5.73 Å². The molecule has 2 rings (SSSR count). The largest absolute Gasteiger partial charge is 0.381 e. The van der Waals surface area contributed by atoms with Crippen LogP contribution in [0.2, 0.25) is 0 Å². The summed E-state index contributed by atoms with van der Waals surface area (Å²) < 4.78 is 5.37. The van der Waals surface area contributed by atoms with Crippen LogP contribution in [-0.2, 0) is 4.74 Å². The Morgan fingerprint density at radius 3 is 2.40 bits per heavy atom. The molecule has 2 heterocycles. The molecular formula is C12H24N2O. The zero-order valence-corrected chi connectivity index (χ0v) is 10.1. The summed E-state index contributed by atoms with van der Waals surface area (Å²) in [7, 11) is 0. The van der Waals surface area contributed by atoms with E-state index >= 15 is 0 Å². The van der Waals surface area contributed by atoms with Crippen LogP contribution in [0.3, 0.4) is 0 Å². The smallest absolute Gasteiger partial charge is 0.0484 e. The van der Waals surface area contributed by atoms with Crippen molar-refractivity contribution in [3.8, 4) is 0 Å². The maximum absolute atomic E-state index is 6.41. The van der Waals surface area contributed by atoms with E-state index < -0.39 is 0 Å². The third-order valence-corrected chi connectivity index (χ3v) is 3.78. The molecular weight excluding hydrogens is 188 g/mol. The molecule has 3 nitrogen and oxygen atoms in total. The highest BCUT2D eigenvalue weighted by Crippen LogP contribution is 2.30. The Labute approximate surface area is 93.0 Å². The van der Waals surface area contributed by atoms with E-state index in [4.69, 9.17) is 10.5 Å². The van der Waals surface area contributed by atoms with E-state index in [1.807, 2.05) is 0 Å². The number of rotatable bonds is 2. The fourth-order valence-electron chi connectivity index (χ4n) is 2.74. The fraction of sp³-hybridized carbons (Fsp3) is 1.00. The summed E-state index contributed by atoms with van der Waals surface area (Å²) in [4.78, 5) is 2.53. The molecule has 0 atom stereocenters. The number of hydrogen-bond acceptors (Lipinski definition) is 3. The zero-order chi connectivity index (χ0) is 10.9. The van der Waals surface area contributed by atoms with Gasteiger partial charge in [0.1, 0.15) is 0 Å². The molecule has 2 N–H and O–H groups in total. The Kier molecular flexibility index (Phi) is 3.06. The normalized spacial score (nSPS) is 30.6. The summed E-state index contributed by atoms with van der Waals surface area (Å²) in [6.07, 6.45) is 3.34. The molecule has 2 saturated heterocycles. The van der Waals surface area contributed by atoms with Gasteiger partial charge in [0.25, 0.3) is 0 Å². The molecule has 2 aliphatic heterocycles. The average molecular weight is 212 g/mol. The van der Waals surface area contributed by atoms with Crippen molar-refractivity contribution in [2.24, 2.45) is 11.1 Å². The van der Waals surface area contributed by atoms with E-state index in [0.29, 0.717) is 5.41 Å². The third kappa shape index (κ3) is 2.92. The number of likely N-dealkylation sites (tertiary alicyclic amines) is 1. The van der Waals surface area contributed by atoms with Crippen LogP contribution in [0, 0.1) is 5.41 Å². The molecule has 0 aliphatic carbocycles. The van der Waals surface area contributed by atoms with Gasteiger partial charge in [0.05, 0.1) is 0 Å². The van der Waals surface area contributed by atoms with Crippen molar-refractivity contribution in [2.75, 3.05) is 32.8 Å². The SMILES string of the molecule is CC1(C)CCN(CC2(N)CCOCC2)C1. The van der Waals surface area contributed by atoms with E-state index in [2.05, 4.69) is 18.7 Å². The molecule has 0 saturated carbocycles. The predicted octanol–water partition coefficient (Wildman–Crippen LogP) is 1.23. The van der Waals surface area contributed by atoms with Crippen molar-refractivity contribution < 1.29 is 4.74 Å². The number of nitrogens with zero attached hydrogens (tertiary/aromatic N) is 1. The summed E-state index contributed by atoms with van der Waals surface area (Å²) in [6.45, 7) is 9.85. The Hall–Kier alpha value is -0.120. The summed E-state index contributed by atoms with van der Waals surface area (Å²) in [5.41, 5.74) is 6.91. The number of nitrogens with two attached hydrogens (primary N) is 1. The van der Waals surface area contributed by atoms with Crippen LogP contribution in [0.25, 0.3) is 0 Å². The minimum Gasteiger partial charge on any atom is -0.381 e. The van der Waals surface area contributed by atoms with Gasteiger partial charge >= 0.3 is 0 Å². The predicted molar refractivity (Wildman–Crippen MR) is 61.8 cm³/mol. The summed E-state index contributed by atoms with van der Waals surface area (Å²) in [5, 5.41) is 0. The zero-order valence-electron chi connectivity index (χ0n) is 10.1. The van der Waals surface area contributed by atoms with Crippen molar-refractivity contribution in [3.05, 3.63) is 0 Å². The second-order valence-electron chi connectivity index (χ2n) is 6.10. The topological polar surface area (TPSA) is 38.5 Å². The maximum Gasteiger partial charge on any atom is 0.0484 e. The lowest BCUT2D eigenvalue weighted by Crippen LogP contribution is -2.53. The molecule has 0 spiro atoms. The Bertz CT molecular complexity index is 222. The fourth-order valence-corrected chi connectivity index (χ4v) is 2.74. The first-order chi connectivity index (χ1) is 6.99. The van der Waals surface area contributed by atoms with Crippen molar-refractivity contribution in [1.82, 2.24) is 4.90 Å². The van der Waals surface area contributed by atoms with E-state index in [1.54, 1.807) is 0 Å². The third-order valence-electron chi connectivity index (χ3n) is 3.78. The van der Waals surface area contributed by atoms with E-state index in [-0.39, 0.29) is 5.54 Å². The molecule has 0 aromatic carbocycles. The quantitative estimate of drug-likeness (QED) is 0.748. The summed E-state index contributed by atoms with van der Waals surface area (Å²) in [5.74, 6) is 0. The minimum atomic E-state index is 0.0126. The molecule has 0 unspecified atom stereocenters. The van der Waals surface area contributed by atoms with Crippen molar-refractivity contribution in [3.63, 3.8) is 0 Å². The van der Waals surface area contributed by atoms with Crippen LogP contribution in [-0.4, -0.2) is 43.3 Å².